The van der Waals surface area contributed by atoms with E-state index in [0.29, 0.717) is 34.9 Å². The van der Waals surface area contributed by atoms with Crippen LogP contribution in [0.15, 0.2) is 48.7 Å². The van der Waals surface area contributed by atoms with Crippen LogP contribution in [0, 0.1) is 17.1 Å². The Morgan fingerprint density at radius 1 is 1.20 bits per heavy atom. The largest absolute Gasteiger partial charge is 0.495 e. The predicted octanol–water partition coefficient (Wildman–Crippen LogP) is 4.04. The normalized spacial score (nSPS) is 20.1. The van der Waals surface area contributed by atoms with Crippen LogP contribution in [0.1, 0.15) is 24.1 Å². The fraction of sp³-hybridized carbons (Fsp3) is 0.273. The number of para-hydroxylation sites is 1. The lowest BCUT2D eigenvalue weighted by Crippen LogP contribution is -2.49. The van der Waals surface area contributed by atoms with Crippen LogP contribution in [0.2, 0.25) is 0 Å². The van der Waals surface area contributed by atoms with E-state index in [1.54, 1.807) is 30.3 Å². The van der Waals surface area contributed by atoms with Crippen molar-refractivity contribution in [2.24, 2.45) is 0 Å². The number of hydrogen-bond donors (Lipinski definition) is 1. The Balaban J connectivity index is 1.53. The molecule has 0 amide bonds. The van der Waals surface area contributed by atoms with Gasteiger partial charge in [0, 0.05) is 23.7 Å². The number of hydrogen-bond acceptors (Lipinski definition) is 6. The summed E-state index contributed by atoms with van der Waals surface area (Å²) in [5.74, 6) is 0.479. The molecule has 152 valence electrons. The molecule has 30 heavy (non-hydrogen) atoms. The number of aromatic nitrogens is 3. The van der Waals surface area contributed by atoms with E-state index < -0.39 is 17.4 Å². The summed E-state index contributed by atoms with van der Waals surface area (Å²) >= 11 is 0. The summed E-state index contributed by atoms with van der Waals surface area (Å²) in [6.07, 6.45) is 0.958. The highest BCUT2D eigenvalue weighted by Gasteiger charge is 2.48. The zero-order valence-electron chi connectivity index (χ0n) is 16.3. The lowest BCUT2D eigenvalue weighted by Gasteiger charge is -2.44. The SMILES string of the molecule is COc1c(C#N)cccc1-c1ccc(NCC2(c3ncccc3F)CC(F)C2)nn1. The number of anilines is 1. The van der Waals surface area contributed by atoms with Crippen molar-refractivity contribution >= 4 is 5.82 Å². The van der Waals surface area contributed by atoms with Crippen LogP contribution in [0.4, 0.5) is 14.6 Å². The first-order valence-corrected chi connectivity index (χ1v) is 9.46. The number of nitriles is 1. The third-order valence-electron chi connectivity index (χ3n) is 5.37. The molecule has 1 saturated carbocycles. The van der Waals surface area contributed by atoms with Crippen molar-refractivity contribution in [3.05, 3.63) is 65.7 Å². The van der Waals surface area contributed by atoms with Gasteiger partial charge >= 0.3 is 0 Å². The molecule has 2 aromatic heterocycles. The van der Waals surface area contributed by atoms with Gasteiger partial charge < -0.3 is 10.1 Å². The number of alkyl halides is 1. The first-order valence-electron chi connectivity index (χ1n) is 9.46. The van der Waals surface area contributed by atoms with E-state index in [1.165, 1.54) is 25.4 Å². The summed E-state index contributed by atoms with van der Waals surface area (Å²) in [4.78, 5) is 4.15. The monoisotopic (exact) mass is 407 g/mol. The molecule has 0 radical (unpaired) electrons. The van der Waals surface area contributed by atoms with E-state index in [2.05, 4.69) is 26.6 Å². The number of rotatable bonds is 6. The minimum atomic E-state index is -0.971. The first-order chi connectivity index (χ1) is 14.6. The minimum Gasteiger partial charge on any atom is -0.495 e. The highest BCUT2D eigenvalue weighted by Crippen LogP contribution is 2.45. The van der Waals surface area contributed by atoms with E-state index in [1.807, 2.05) is 0 Å². The zero-order valence-corrected chi connectivity index (χ0v) is 16.3. The molecule has 0 spiro atoms. The van der Waals surface area contributed by atoms with Crippen molar-refractivity contribution in [2.45, 2.75) is 24.4 Å². The summed E-state index contributed by atoms with van der Waals surface area (Å²) in [6, 6.07) is 13.6. The Bertz CT molecular complexity index is 1090. The van der Waals surface area contributed by atoms with E-state index in [9.17, 15) is 14.0 Å². The maximum atomic E-state index is 14.3. The lowest BCUT2D eigenvalue weighted by atomic mass is 9.65. The van der Waals surface area contributed by atoms with Crippen molar-refractivity contribution < 1.29 is 13.5 Å². The number of ether oxygens (including phenoxy) is 1. The highest BCUT2D eigenvalue weighted by atomic mass is 19.1. The zero-order chi connectivity index (χ0) is 21.1. The van der Waals surface area contributed by atoms with Gasteiger partial charge in [0.1, 0.15) is 29.6 Å². The molecule has 2 heterocycles. The maximum absolute atomic E-state index is 14.3. The average Bonchev–Trinajstić information content (AvgIpc) is 2.76. The van der Waals surface area contributed by atoms with Gasteiger partial charge in [-0.2, -0.15) is 5.26 Å². The number of methoxy groups -OCH3 is 1. The molecule has 8 heteroatoms. The Labute approximate surface area is 172 Å². The molecule has 1 N–H and O–H groups in total. The molecular weight excluding hydrogens is 388 g/mol. The Morgan fingerprint density at radius 2 is 2.03 bits per heavy atom. The van der Waals surface area contributed by atoms with Gasteiger partial charge in [0.05, 0.1) is 24.1 Å². The maximum Gasteiger partial charge on any atom is 0.148 e. The average molecular weight is 407 g/mol. The molecule has 0 saturated heterocycles. The molecule has 0 bridgehead atoms. The van der Waals surface area contributed by atoms with Crippen LogP contribution in [0.5, 0.6) is 5.75 Å². The smallest absolute Gasteiger partial charge is 0.148 e. The molecular formula is C22H19F2N5O. The fourth-order valence-corrected chi connectivity index (χ4v) is 3.86. The number of halogens is 2. The van der Waals surface area contributed by atoms with Crippen LogP contribution < -0.4 is 10.1 Å². The van der Waals surface area contributed by atoms with E-state index in [0.717, 1.165) is 0 Å². The standard InChI is InChI=1S/C22H19F2N5O/c1-30-20-14(12-25)4-2-5-16(20)18-7-8-19(29-28-18)27-13-22(10-15(23)11-22)21-17(24)6-3-9-26-21/h2-9,15H,10-11,13H2,1H3,(H,27,29). The van der Waals surface area contributed by atoms with Gasteiger partial charge in [-0.1, -0.05) is 6.07 Å². The van der Waals surface area contributed by atoms with Gasteiger partial charge in [0.15, 0.2) is 0 Å². The minimum absolute atomic E-state index is 0.206. The Kier molecular flexibility index (Phi) is 5.27. The van der Waals surface area contributed by atoms with Gasteiger partial charge in [0.2, 0.25) is 0 Å². The van der Waals surface area contributed by atoms with E-state index in [4.69, 9.17) is 4.74 Å². The molecule has 3 aromatic rings. The Morgan fingerprint density at radius 3 is 2.67 bits per heavy atom. The first kappa shape index (κ1) is 19.7. The van der Waals surface area contributed by atoms with Crippen LogP contribution in [-0.2, 0) is 5.41 Å². The van der Waals surface area contributed by atoms with Crippen molar-refractivity contribution in [1.82, 2.24) is 15.2 Å². The molecule has 0 atom stereocenters. The van der Waals surface area contributed by atoms with Gasteiger partial charge in [-0.15, -0.1) is 10.2 Å². The van der Waals surface area contributed by atoms with E-state index >= 15 is 0 Å². The molecule has 0 unspecified atom stereocenters. The number of nitrogens with one attached hydrogen (secondary N) is 1. The number of benzene rings is 1. The van der Waals surface area contributed by atoms with Crippen LogP contribution >= 0.6 is 0 Å². The summed E-state index contributed by atoms with van der Waals surface area (Å²) in [5.41, 5.74) is 1.17. The third kappa shape index (κ3) is 3.54. The fourth-order valence-electron chi connectivity index (χ4n) is 3.86. The summed E-state index contributed by atoms with van der Waals surface area (Å²) in [7, 11) is 1.50. The van der Waals surface area contributed by atoms with Crippen molar-refractivity contribution in [3.63, 3.8) is 0 Å². The summed E-state index contributed by atoms with van der Waals surface area (Å²) in [5, 5.41) is 20.8. The van der Waals surface area contributed by atoms with Gasteiger partial charge in [-0.05, 0) is 49.2 Å². The Hall–Kier alpha value is -3.60. The van der Waals surface area contributed by atoms with Crippen molar-refractivity contribution in [1.29, 1.82) is 5.26 Å². The molecule has 6 nitrogen and oxygen atoms in total. The topological polar surface area (TPSA) is 83.7 Å². The van der Waals surface area contributed by atoms with Gasteiger partial charge in [-0.3, -0.25) is 4.98 Å². The van der Waals surface area contributed by atoms with E-state index in [-0.39, 0.29) is 18.5 Å². The predicted molar refractivity (Wildman–Crippen MR) is 107 cm³/mol. The summed E-state index contributed by atoms with van der Waals surface area (Å²) in [6.45, 7) is 0.294. The number of nitrogens with zero attached hydrogens (tertiary/aromatic N) is 4. The quantitative estimate of drug-likeness (QED) is 0.664. The third-order valence-corrected chi connectivity index (χ3v) is 5.37. The molecule has 1 fully saturated rings. The molecule has 1 aliphatic rings. The molecule has 0 aliphatic heterocycles. The molecule has 1 aromatic carbocycles. The van der Waals surface area contributed by atoms with Crippen LogP contribution in [-0.4, -0.2) is 35.0 Å². The number of pyridine rings is 1. The molecule has 1 aliphatic carbocycles. The van der Waals surface area contributed by atoms with Crippen LogP contribution in [0.3, 0.4) is 0 Å². The van der Waals surface area contributed by atoms with Crippen molar-refractivity contribution in [3.8, 4) is 23.1 Å². The van der Waals surface area contributed by atoms with Gasteiger partial charge in [0.25, 0.3) is 0 Å². The second-order valence-corrected chi connectivity index (χ2v) is 7.28. The molecule has 4 rings (SSSR count). The second kappa shape index (κ2) is 8.03. The second-order valence-electron chi connectivity index (χ2n) is 7.28. The van der Waals surface area contributed by atoms with Gasteiger partial charge in [-0.25, -0.2) is 8.78 Å². The van der Waals surface area contributed by atoms with Crippen molar-refractivity contribution in [2.75, 3.05) is 19.0 Å². The van der Waals surface area contributed by atoms with Crippen LogP contribution in [0.25, 0.3) is 11.3 Å². The lowest BCUT2D eigenvalue weighted by molar-refractivity contribution is 0.0964. The highest BCUT2D eigenvalue weighted by molar-refractivity contribution is 5.71. The summed E-state index contributed by atoms with van der Waals surface area (Å²) < 4.78 is 33.3.